The number of hydrogen-bond acceptors (Lipinski definition) is 10. The summed E-state index contributed by atoms with van der Waals surface area (Å²) < 4.78 is 17.1. The van der Waals surface area contributed by atoms with Gasteiger partial charge in [0.2, 0.25) is 0 Å². The zero-order valence-corrected chi connectivity index (χ0v) is 15.8. The summed E-state index contributed by atoms with van der Waals surface area (Å²) in [5, 5.41) is 59.8. The molecule has 5 atom stereocenters. The van der Waals surface area contributed by atoms with Crippen molar-refractivity contribution in [2.45, 2.75) is 30.5 Å². The Labute approximate surface area is 173 Å². The highest BCUT2D eigenvalue weighted by Crippen LogP contribution is 2.50. The highest BCUT2D eigenvalue weighted by molar-refractivity contribution is 5.88. The van der Waals surface area contributed by atoms with E-state index in [0.717, 1.165) is 6.07 Å². The van der Waals surface area contributed by atoms with Crippen LogP contribution in [0.5, 0.6) is 23.0 Å². The van der Waals surface area contributed by atoms with Crippen molar-refractivity contribution in [1.82, 2.24) is 0 Å². The Hall–Kier alpha value is -3.31. The fraction of sp³-hybridized carbons (Fsp3) is 0.286. The first-order chi connectivity index (χ1) is 14.8. The summed E-state index contributed by atoms with van der Waals surface area (Å²) in [6.07, 6.45) is -5.96. The average molecular weight is 430 g/mol. The molecule has 10 nitrogen and oxygen atoms in total. The molecular formula is C21H18O10. The molecule has 0 aliphatic carbocycles. The predicted octanol–water partition coefficient (Wildman–Crippen LogP) is 0.492. The second-order valence-electron chi connectivity index (χ2n) is 7.53. The fourth-order valence-corrected chi connectivity index (χ4v) is 4.09. The third-order valence-corrected chi connectivity index (χ3v) is 5.67. The lowest BCUT2D eigenvalue weighted by Gasteiger charge is -2.38. The van der Waals surface area contributed by atoms with Crippen molar-refractivity contribution in [1.29, 1.82) is 0 Å². The van der Waals surface area contributed by atoms with E-state index in [-0.39, 0.29) is 33.8 Å². The van der Waals surface area contributed by atoms with Crippen LogP contribution in [0.15, 0.2) is 39.5 Å². The molecule has 2 aliphatic heterocycles. The van der Waals surface area contributed by atoms with Crippen molar-refractivity contribution >= 4 is 11.0 Å². The van der Waals surface area contributed by atoms with Gasteiger partial charge in [0.15, 0.2) is 23.0 Å². The summed E-state index contributed by atoms with van der Waals surface area (Å²) in [5.41, 5.74) is -0.165. The number of hydrogen-bond donors (Lipinski definition) is 6. The normalized spacial score (nSPS) is 27.0. The molecule has 0 spiro atoms. The van der Waals surface area contributed by atoms with E-state index < -0.39 is 54.1 Å². The first-order valence-electron chi connectivity index (χ1n) is 9.45. The predicted molar refractivity (Wildman–Crippen MR) is 104 cm³/mol. The zero-order valence-electron chi connectivity index (χ0n) is 15.8. The number of aromatic hydroxyl groups is 3. The number of benzene rings is 2. The molecule has 1 aromatic heterocycles. The number of aliphatic hydroxyl groups is 3. The van der Waals surface area contributed by atoms with Gasteiger partial charge in [0, 0.05) is 17.7 Å². The second-order valence-corrected chi connectivity index (χ2v) is 7.53. The first-order valence-corrected chi connectivity index (χ1v) is 9.45. The van der Waals surface area contributed by atoms with Crippen LogP contribution in [-0.4, -0.2) is 61.7 Å². The largest absolute Gasteiger partial charge is 0.506 e. The van der Waals surface area contributed by atoms with E-state index in [1.807, 2.05) is 0 Å². The molecule has 5 rings (SSSR count). The van der Waals surface area contributed by atoms with Gasteiger partial charge in [-0.05, 0) is 18.2 Å². The Morgan fingerprint density at radius 1 is 0.968 bits per heavy atom. The SMILES string of the molecule is O=c1cc(-c2ccc(O)c(O)c2)oc2cc3c(c(O)c12)C1OC(CO)C(O)C(O)C1O3. The van der Waals surface area contributed by atoms with E-state index in [1.54, 1.807) is 0 Å². The van der Waals surface area contributed by atoms with Crippen molar-refractivity contribution in [2.24, 2.45) is 0 Å². The lowest BCUT2D eigenvalue weighted by molar-refractivity contribution is -0.215. The number of phenolic OH excluding ortho intramolecular Hbond substituents is 3. The number of phenols is 3. The van der Waals surface area contributed by atoms with Gasteiger partial charge < -0.3 is 44.5 Å². The van der Waals surface area contributed by atoms with Crippen LogP contribution in [0.4, 0.5) is 0 Å². The van der Waals surface area contributed by atoms with Crippen molar-refractivity contribution < 1.29 is 44.5 Å². The third-order valence-electron chi connectivity index (χ3n) is 5.67. The van der Waals surface area contributed by atoms with Gasteiger partial charge in [-0.2, -0.15) is 0 Å². The second kappa shape index (κ2) is 6.86. The Kier molecular flexibility index (Phi) is 4.34. The lowest BCUT2D eigenvalue weighted by Crippen LogP contribution is -2.55. The molecule has 0 amide bonds. The number of ether oxygens (including phenoxy) is 2. The minimum absolute atomic E-state index is 0.0151. The first kappa shape index (κ1) is 19.6. The van der Waals surface area contributed by atoms with E-state index >= 15 is 0 Å². The van der Waals surface area contributed by atoms with E-state index in [2.05, 4.69) is 0 Å². The van der Waals surface area contributed by atoms with Crippen LogP contribution < -0.4 is 10.2 Å². The molecule has 0 saturated carbocycles. The maximum atomic E-state index is 12.8. The molecule has 3 aromatic rings. The van der Waals surface area contributed by atoms with Crippen LogP contribution in [0, 0.1) is 0 Å². The van der Waals surface area contributed by atoms with Crippen LogP contribution in [-0.2, 0) is 4.74 Å². The minimum Gasteiger partial charge on any atom is -0.506 e. The molecular weight excluding hydrogens is 412 g/mol. The minimum atomic E-state index is -1.40. The summed E-state index contributed by atoms with van der Waals surface area (Å²) in [6, 6.07) is 6.40. The molecule has 6 N–H and O–H groups in total. The molecule has 3 heterocycles. The maximum absolute atomic E-state index is 12.8. The number of fused-ring (bicyclic) bond motifs is 4. The Morgan fingerprint density at radius 2 is 1.74 bits per heavy atom. The molecule has 1 fully saturated rings. The molecule has 2 aromatic carbocycles. The Bertz CT molecular complexity index is 1250. The molecule has 0 radical (unpaired) electrons. The molecule has 31 heavy (non-hydrogen) atoms. The maximum Gasteiger partial charge on any atom is 0.197 e. The molecule has 0 bridgehead atoms. The highest BCUT2D eigenvalue weighted by Gasteiger charge is 2.52. The van der Waals surface area contributed by atoms with Crippen LogP contribution >= 0.6 is 0 Å². The monoisotopic (exact) mass is 430 g/mol. The van der Waals surface area contributed by atoms with E-state index in [9.17, 15) is 35.4 Å². The van der Waals surface area contributed by atoms with Crippen LogP contribution in [0.3, 0.4) is 0 Å². The van der Waals surface area contributed by atoms with Gasteiger partial charge in [-0.3, -0.25) is 4.79 Å². The van der Waals surface area contributed by atoms with Crippen molar-refractivity contribution in [3.63, 3.8) is 0 Å². The summed E-state index contributed by atoms with van der Waals surface area (Å²) in [5.74, 6) is -1.00. The topological polar surface area (TPSA) is 170 Å². The van der Waals surface area contributed by atoms with Crippen LogP contribution in [0.1, 0.15) is 11.7 Å². The average Bonchev–Trinajstić information content (AvgIpc) is 3.11. The Balaban J connectivity index is 1.66. The van der Waals surface area contributed by atoms with Crippen LogP contribution in [0.25, 0.3) is 22.3 Å². The van der Waals surface area contributed by atoms with Gasteiger partial charge in [-0.25, -0.2) is 0 Å². The van der Waals surface area contributed by atoms with Gasteiger partial charge in [0.25, 0.3) is 0 Å². The Morgan fingerprint density at radius 3 is 2.45 bits per heavy atom. The van der Waals surface area contributed by atoms with Crippen LogP contribution in [0.2, 0.25) is 0 Å². The standard InChI is InChI=1S/C21H18O10/c22-6-14-17(26)19(28)21-20(31-14)16-13(30-21)5-12-15(18(16)27)10(25)4-11(29-12)7-1-2-8(23)9(24)3-7/h1-5,14,17,19-24,26-28H,6H2. The quantitative estimate of drug-likeness (QED) is 0.315. The van der Waals surface area contributed by atoms with Crippen molar-refractivity contribution in [3.05, 3.63) is 46.1 Å². The summed E-state index contributed by atoms with van der Waals surface area (Å²) in [4.78, 5) is 12.8. The van der Waals surface area contributed by atoms with Gasteiger partial charge in [-0.1, -0.05) is 0 Å². The summed E-state index contributed by atoms with van der Waals surface area (Å²) in [7, 11) is 0. The van der Waals surface area contributed by atoms with Gasteiger partial charge in [-0.15, -0.1) is 0 Å². The van der Waals surface area contributed by atoms with E-state index in [1.165, 1.54) is 24.3 Å². The molecule has 10 heteroatoms. The van der Waals surface area contributed by atoms with Gasteiger partial charge in [0.05, 0.1) is 12.2 Å². The molecule has 162 valence electrons. The lowest BCUT2D eigenvalue weighted by atomic mass is 9.92. The highest BCUT2D eigenvalue weighted by atomic mass is 16.6. The zero-order chi connectivity index (χ0) is 22.0. The summed E-state index contributed by atoms with van der Waals surface area (Å²) in [6.45, 7) is -0.559. The van der Waals surface area contributed by atoms with Crippen molar-refractivity contribution in [3.8, 4) is 34.3 Å². The fourth-order valence-electron chi connectivity index (χ4n) is 4.09. The number of rotatable bonds is 2. The van der Waals surface area contributed by atoms with E-state index in [0.29, 0.717) is 5.56 Å². The van der Waals surface area contributed by atoms with Crippen molar-refractivity contribution in [2.75, 3.05) is 6.61 Å². The van der Waals surface area contributed by atoms with Gasteiger partial charge in [0.1, 0.15) is 52.6 Å². The van der Waals surface area contributed by atoms with Gasteiger partial charge >= 0.3 is 0 Å². The summed E-state index contributed by atoms with van der Waals surface area (Å²) >= 11 is 0. The smallest absolute Gasteiger partial charge is 0.197 e. The molecule has 1 saturated heterocycles. The third kappa shape index (κ3) is 2.84. The molecule has 2 aliphatic rings. The molecule has 5 unspecified atom stereocenters. The number of aliphatic hydroxyl groups excluding tert-OH is 3. The van der Waals surface area contributed by atoms with E-state index in [4.69, 9.17) is 13.9 Å².